The summed E-state index contributed by atoms with van der Waals surface area (Å²) >= 11 is 0. The van der Waals surface area contributed by atoms with E-state index < -0.39 is 0 Å². The number of fused-ring (bicyclic) bond motifs is 2. The van der Waals surface area contributed by atoms with Crippen molar-refractivity contribution in [1.82, 2.24) is 4.90 Å². The molecule has 1 aliphatic heterocycles. The van der Waals surface area contributed by atoms with Crippen molar-refractivity contribution in [1.29, 1.82) is 0 Å². The fourth-order valence-corrected chi connectivity index (χ4v) is 3.23. The van der Waals surface area contributed by atoms with Gasteiger partial charge in [0.15, 0.2) is 0 Å². The third kappa shape index (κ3) is 1.58. The fraction of sp³-hybridized carbons (Fsp3) is 0.600. The third-order valence-electron chi connectivity index (χ3n) is 4.15. The molecule has 0 N–H and O–H groups in total. The van der Waals surface area contributed by atoms with Gasteiger partial charge in [0.25, 0.3) is 0 Å². The summed E-state index contributed by atoms with van der Waals surface area (Å²) in [6, 6.07) is 7.20. The topological polar surface area (TPSA) is 3.24 Å². The van der Waals surface area contributed by atoms with Crippen LogP contribution in [0.5, 0.6) is 0 Å². The Morgan fingerprint density at radius 2 is 2.12 bits per heavy atom. The summed E-state index contributed by atoms with van der Waals surface area (Å²) in [6.07, 6.45) is 5.30. The normalized spacial score (nSPS) is 22.1. The molecule has 86 valence electrons. The molecule has 1 aromatic rings. The van der Waals surface area contributed by atoms with E-state index in [1.165, 1.54) is 37.8 Å². The van der Waals surface area contributed by atoms with E-state index >= 15 is 0 Å². The zero-order chi connectivity index (χ0) is 11.2. The van der Waals surface area contributed by atoms with E-state index in [1.807, 2.05) is 0 Å². The first-order valence-electron chi connectivity index (χ1n) is 6.54. The SMILES string of the molecule is CCCc1ccc2c(c1)C1(CC1)CN(C)C2. The molecule has 1 saturated carbocycles. The van der Waals surface area contributed by atoms with Crippen LogP contribution in [0.15, 0.2) is 18.2 Å². The van der Waals surface area contributed by atoms with Gasteiger partial charge in [-0.2, -0.15) is 0 Å². The van der Waals surface area contributed by atoms with Crippen molar-refractivity contribution >= 4 is 0 Å². The van der Waals surface area contributed by atoms with Crippen molar-refractivity contribution in [2.24, 2.45) is 0 Å². The molecule has 1 nitrogen and oxygen atoms in total. The van der Waals surface area contributed by atoms with Gasteiger partial charge in [-0.1, -0.05) is 31.5 Å². The van der Waals surface area contributed by atoms with Gasteiger partial charge in [-0.15, -0.1) is 0 Å². The van der Waals surface area contributed by atoms with Crippen molar-refractivity contribution in [2.45, 2.75) is 44.6 Å². The van der Waals surface area contributed by atoms with Crippen LogP contribution in [0.3, 0.4) is 0 Å². The number of hydrogen-bond donors (Lipinski definition) is 0. The molecule has 1 heteroatoms. The Labute approximate surface area is 98.5 Å². The van der Waals surface area contributed by atoms with E-state index in [4.69, 9.17) is 0 Å². The Hall–Kier alpha value is -0.820. The summed E-state index contributed by atoms with van der Waals surface area (Å²) in [4.78, 5) is 2.48. The summed E-state index contributed by atoms with van der Waals surface area (Å²) in [5, 5.41) is 0. The minimum atomic E-state index is 0.548. The van der Waals surface area contributed by atoms with Gasteiger partial charge in [0, 0.05) is 18.5 Å². The highest BCUT2D eigenvalue weighted by Gasteiger charge is 2.48. The molecule has 2 aliphatic rings. The number of rotatable bonds is 2. The second kappa shape index (κ2) is 3.59. The smallest absolute Gasteiger partial charge is 0.0234 e. The highest BCUT2D eigenvalue weighted by molar-refractivity contribution is 5.43. The second-order valence-corrected chi connectivity index (χ2v) is 5.69. The Bertz CT molecular complexity index is 404. The van der Waals surface area contributed by atoms with E-state index in [1.54, 1.807) is 11.1 Å². The Morgan fingerprint density at radius 3 is 2.81 bits per heavy atom. The van der Waals surface area contributed by atoms with Crippen molar-refractivity contribution < 1.29 is 0 Å². The molecule has 1 aromatic carbocycles. The summed E-state index contributed by atoms with van der Waals surface area (Å²) in [6.45, 7) is 4.68. The maximum Gasteiger partial charge on any atom is 0.0234 e. The van der Waals surface area contributed by atoms with Crippen molar-refractivity contribution in [2.75, 3.05) is 13.6 Å². The number of nitrogens with zero attached hydrogens (tertiary/aromatic N) is 1. The Morgan fingerprint density at radius 1 is 1.31 bits per heavy atom. The van der Waals surface area contributed by atoms with Crippen LogP contribution in [0.1, 0.15) is 42.9 Å². The van der Waals surface area contributed by atoms with Crippen LogP contribution in [0.4, 0.5) is 0 Å². The molecule has 0 aromatic heterocycles. The standard InChI is InChI=1S/C15H21N/c1-3-4-12-5-6-13-10-16(2)11-15(7-8-15)14(13)9-12/h5-6,9H,3-4,7-8,10-11H2,1-2H3. The average molecular weight is 215 g/mol. The second-order valence-electron chi connectivity index (χ2n) is 5.69. The van der Waals surface area contributed by atoms with Gasteiger partial charge >= 0.3 is 0 Å². The van der Waals surface area contributed by atoms with E-state index in [-0.39, 0.29) is 0 Å². The lowest BCUT2D eigenvalue weighted by molar-refractivity contribution is 0.271. The molecular weight excluding hydrogens is 194 g/mol. The number of likely N-dealkylation sites (N-methyl/N-ethyl adjacent to an activating group) is 1. The van der Waals surface area contributed by atoms with Gasteiger partial charge in [0.2, 0.25) is 0 Å². The van der Waals surface area contributed by atoms with E-state index in [0.29, 0.717) is 5.41 Å². The molecule has 0 saturated heterocycles. The molecule has 1 heterocycles. The lowest BCUT2D eigenvalue weighted by atomic mass is 9.85. The summed E-state index contributed by atoms with van der Waals surface area (Å²) in [7, 11) is 2.25. The minimum absolute atomic E-state index is 0.548. The molecule has 1 fully saturated rings. The summed E-state index contributed by atoms with van der Waals surface area (Å²) in [5.74, 6) is 0. The van der Waals surface area contributed by atoms with Crippen LogP contribution in [0, 0.1) is 0 Å². The Kier molecular flexibility index (Phi) is 2.32. The lowest BCUT2D eigenvalue weighted by Crippen LogP contribution is -2.35. The molecule has 0 unspecified atom stereocenters. The predicted octanol–water partition coefficient (Wildman–Crippen LogP) is 3.12. The van der Waals surface area contributed by atoms with Crippen LogP contribution in [0.25, 0.3) is 0 Å². The van der Waals surface area contributed by atoms with Crippen molar-refractivity contribution in [3.63, 3.8) is 0 Å². The quantitative estimate of drug-likeness (QED) is 0.732. The van der Waals surface area contributed by atoms with E-state index in [0.717, 1.165) is 6.54 Å². The van der Waals surface area contributed by atoms with Gasteiger partial charge < -0.3 is 4.90 Å². The number of hydrogen-bond acceptors (Lipinski definition) is 1. The first kappa shape index (κ1) is 10.3. The zero-order valence-corrected chi connectivity index (χ0v) is 10.4. The summed E-state index contributed by atoms with van der Waals surface area (Å²) < 4.78 is 0. The maximum absolute atomic E-state index is 2.50. The first-order valence-corrected chi connectivity index (χ1v) is 6.54. The van der Waals surface area contributed by atoms with Gasteiger partial charge in [-0.3, -0.25) is 0 Å². The van der Waals surface area contributed by atoms with Gasteiger partial charge in [-0.05, 0) is 43.0 Å². The maximum atomic E-state index is 2.50. The van der Waals surface area contributed by atoms with E-state index in [9.17, 15) is 0 Å². The molecule has 0 radical (unpaired) electrons. The molecule has 0 atom stereocenters. The van der Waals surface area contributed by atoms with Gasteiger partial charge in [-0.25, -0.2) is 0 Å². The van der Waals surface area contributed by atoms with Crippen LogP contribution >= 0.6 is 0 Å². The lowest BCUT2D eigenvalue weighted by Gasteiger charge is -2.33. The van der Waals surface area contributed by atoms with E-state index in [2.05, 4.69) is 37.1 Å². The number of aryl methyl sites for hydroxylation is 1. The van der Waals surface area contributed by atoms with Crippen LogP contribution in [0.2, 0.25) is 0 Å². The fourth-order valence-electron chi connectivity index (χ4n) is 3.23. The average Bonchev–Trinajstić information content (AvgIpc) is 3.00. The molecule has 1 spiro atoms. The molecule has 0 amide bonds. The van der Waals surface area contributed by atoms with Crippen molar-refractivity contribution in [3.8, 4) is 0 Å². The highest BCUT2D eigenvalue weighted by Crippen LogP contribution is 2.52. The van der Waals surface area contributed by atoms with Crippen molar-refractivity contribution in [3.05, 3.63) is 34.9 Å². The van der Waals surface area contributed by atoms with Crippen LogP contribution in [-0.2, 0) is 18.4 Å². The monoisotopic (exact) mass is 215 g/mol. The van der Waals surface area contributed by atoms with Gasteiger partial charge in [0.05, 0.1) is 0 Å². The minimum Gasteiger partial charge on any atom is -0.301 e. The third-order valence-corrected chi connectivity index (χ3v) is 4.15. The summed E-state index contributed by atoms with van der Waals surface area (Å²) in [5.41, 5.74) is 5.34. The molecular formula is C15H21N. The Balaban J connectivity index is 2.00. The predicted molar refractivity (Wildman–Crippen MR) is 67.7 cm³/mol. The number of benzene rings is 1. The molecule has 16 heavy (non-hydrogen) atoms. The van der Waals surface area contributed by atoms with Gasteiger partial charge in [0.1, 0.15) is 0 Å². The van der Waals surface area contributed by atoms with Crippen LogP contribution < -0.4 is 0 Å². The van der Waals surface area contributed by atoms with Crippen LogP contribution in [-0.4, -0.2) is 18.5 Å². The first-order chi connectivity index (χ1) is 7.73. The molecule has 0 bridgehead atoms. The molecule has 1 aliphatic carbocycles. The molecule has 3 rings (SSSR count). The highest BCUT2D eigenvalue weighted by atomic mass is 15.1. The largest absolute Gasteiger partial charge is 0.301 e. The zero-order valence-electron chi connectivity index (χ0n) is 10.4.